The molecule has 3 N–H and O–H groups in total. The van der Waals surface area contributed by atoms with Gasteiger partial charge in [-0.1, -0.05) is 19.3 Å². The molecule has 5 heteroatoms. The summed E-state index contributed by atoms with van der Waals surface area (Å²) in [6.07, 6.45) is 4.50. The average Bonchev–Trinajstić information content (AvgIpc) is 2.48. The van der Waals surface area contributed by atoms with Crippen LogP contribution in [0.3, 0.4) is 0 Å². The first-order chi connectivity index (χ1) is 3.77. The fourth-order valence-corrected chi connectivity index (χ4v) is 0. The third-order valence-electron chi connectivity index (χ3n) is 0.444. The first-order valence-electron chi connectivity index (χ1n) is 2.30. The van der Waals surface area contributed by atoms with Crippen LogP contribution in [0.5, 0.6) is 0 Å². The van der Waals surface area contributed by atoms with Crippen molar-refractivity contribution < 1.29 is 14.1 Å². The van der Waals surface area contributed by atoms with Crippen molar-refractivity contribution in [2.75, 3.05) is 0 Å². The highest BCUT2D eigenvalue weighted by Gasteiger charge is 2.04. The number of hydrogen-bond donors (Lipinski definition) is 2. The van der Waals surface area contributed by atoms with E-state index < -0.39 is 8.25 Å². The number of hydrogen-bond acceptors (Lipinski definition) is 3. The van der Waals surface area contributed by atoms with Crippen molar-refractivity contribution in [1.29, 1.82) is 0 Å². The highest BCUT2D eigenvalue weighted by atomic mass is 31.1. The molecule has 1 saturated carbocycles. The topological polar surface area (TPSA) is 72.5 Å². The number of rotatable bonds is 1. The maximum atomic E-state index is 9.17. The van der Waals surface area contributed by atoms with Gasteiger partial charge in [0.1, 0.15) is 0 Å². The molecule has 0 aliphatic heterocycles. The van der Waals surface area contributed by atoms with Gasteiger partial charge in [-0.25, -0.2) is 0 Å². The van der Waals surface area contributed by atoms with Crippen LogP contribution in [0.4, 0.5) is 0 Å². The van der Waals surface area contributed by atoms with E-state index in [1.165, 1.54) is 19.3 Å². The summed E-state index contributed by atoms with van der Waals surface area (Å²) in [7, 11) is -2.57. The summed E-state index contributed by atoms with van der Waals surface area (Å²) in [5.74, 6) is 4.14. The van der Waals surface area contributed by atoms with E-state index >= 15 is 0 Å². The van der Waals surface area contributed by atoms with Crippen molar-refractivity contribution >= 4 is 8.25 Å². The van der Waals surface area contributed by atoms with Gasteiger partial charge < -0.3 is 0 Å². The van der Waals surface area contributed by atoms with Gasteiger partial charge in [-0.05, 0) is 4.62 Å². The summed E-state index contributed by atoms with van der Waals surface area (Å²) in [5.41, 5.74) is 0. The Morgan fingerprint density at radius 2 is 1.75 bits per heavy atom. The molecule has 1 rings (SSSR count). The molecule has 0 saturated heterocycles. The van der Waals surface area contributed by atoms with Crippen molar-refractivity contribution in [3.63, 3.8) is 0 Å². The lowest BCUT2D eigenvalue weighted by Gasteiger charge is -1.55. The van der Waals surface area contributed by atoms with Crippen LogP contribution in [-0.2, 0) is 9.19 Å². The van der Waals surface area contributed by atoms with Gasteiger partial charge in [0, 0.05) is 4.57 Å². The van der Waals surface area contributed by atoms with Crippen LogP contribution < -0.4 is 5.90 Å². The molecule has 0 heterocycles. The molecule has 0 amide bonds. The Morgan fingerprint density at radius 3 is 1.75 bits per heavy atom. The highest BCUT2D eigenvalue weighted by molar-refractivity contribution is 7.32. The quantitative estimate of drug-likeness (QED) is 0.413. The Kier molecular flexibility index (Phi) is 5.11. The second-order valence-corrected chi connectivity index (χ2v) is 2.09. The molecule has 1 aliphatic rings. The molecule has 48 valence electrons. The first kappa shape index (κ1) is 7.98. The van der Waals surface area contributed by atoms with Gasteiger partial charge in [-0.2, -0.15) is 5.90 Å². The van der Waals surface area contributed by atoms with Gasteiger partial charge in [0.05, 0.1) is 0 Å². The van der Waals surface area contributed by atoms with Crippen LogP contribution in [0.2, 0.25) is 0 Å². The molecule has 1 fully saturated rings. The van der Waals surface area contributed by atoms with E-state index in [0.717, 1.165) is 0 Å². The largest absolute Gasteiger partial charge is 0.713 e. The van der Waals surface area contributed by atoms with Crippen LogP contribution in [-0.4, -0.2) is 4.89 Å². The molecule has 4 nitrogen and oxygen atoms in total. The molecule has 1 atom stereocenters. The predicted octanol–water partition coefficient (Wildman–Crippen LogP) is 0.697. The van der Waals surface area contributed by atoms with Gasteiger partial charge in [-0.3, -0.25) is 0 Å². The normalized spacial score (nSPS) is 16.0. The molecule has 0 aromatic carbocycles. The Balaban J connectivity index is 0.000000135. The maximum absolute atomic E-state index is 9.17. The Bertz CT molecular complexity index is 72.2. The second-order valence-electron chi connectivity index (χ2n) is 1.40. The predicted molar refractivity (Wildman–Crippen MR) is 28.9 cm³/mol. The van der Waals surface area contributed by atoms with Crippen LogP contribution in [0.15, 0.2) is 0 Å². The lowest BCUT2D eigenvalue weighted by molar-refractivity contribution is 0.292. The zero-order valence-corrected chi connectivity index (χ0v) is 5.30. The lowest BCUT2D eigenvalue weighted by Crippen LogP contribution is -1.84. The smallest absolute Gasteiger partial charge is 0.162 e. The van der Waals surface area contributed by atoms with Crippen molar-refractivity contribution in [1.82, 2.24) is 0 Å². The van der Waals surface area contributed by atoms with Crippen LogP contribution >= 0.6 is 8.25 Å². The maximum Gasteiger partial charge on any atom is 0.713 e. The summed E-state index contributed by atoms with van der Waals surface area (Å²) in [6.45, 7) is 0. The minimum absolute atomic E-state index is 1.50. The fraction of sp³-hybridized carbons (Fsp3) is 1.00. The summed E-state index contributed by atoms with van der Waals surface area (Å²) in [6, 6.07) is 0. The van der Waals surface area contributed by atoms with E-state index in [9.17, 15) is 0 Å². The summed E-state index contributed by atoms with van der Waals surface area (Å²) < 4.78 is 12.5. The minimum Gasteiger partial charge on any atom is -0.162 e. The van der Waals surface area contributed by atoms with Crippen molar-refractivity contribution in [3.05, 3.63) is 0 Å². The van der Waals surface area contributed by atoms with Crippen LogP contribution in [0.1, 0.15) is 19.3 Å². The summed E-state index contributed by atoms with van der Waals surface area (Å²) in [4.78, 5) is 7.52. The van der Waals surface area contributed by atoms with Gasteiger partial charge in [0.25, 0.3) is 0 Å². The number of nitrogens with two attached hydrogens (primary N) is 1. The van der Waals surface area contributed by atoms with Crippen LogP contribution in [0.25, 0.3) is 0 Å². The standard InChI is InChI=1S/C3H6.H2NO3P/c1-2-3-1;1-4-5(2)3/h1-3H2;1H2/p+1. The highest BCUT2D eigenvalue weighted by Crippen LogP contribution is 2.14. The SMILES string of the molecule is C1CC1.NO[P+](=O)O. The fourth-order valence-electron chi connectivity index (χ4n) is 0. The Labute approximate surface area is 48.5 Å². The van der Waals surface area contributed by atoms with Crippen molar-refractivity contribution in [3.8, 4) is 0 Å². The molecule has 8 heavy (non-hydrogen) atoms. The van der Waals surface area contributed by atoms with E-state index in [2.05, 4.69) is 10.5 Å². The van der Waals surface area contributed by atoms with Crippen molar-refractivity contribution in [2.24, 2.45) is 5.90 Å². The van der Waals surface area contributed by atoms with Gasteiger partial charge in [0.15, 0.2) is 0 Å². The first-order valence-corrected chi connectivity index (χ1v) is 3.43. The van der Waals surface area contributed by atoms with Crippen molar-refractivity contribution in [2.45, 2.75) is 19.3 Å². The van der Waals surface area contributed by atoms with E-state index in [-0.39, 0.29) is 0 Å². The van der Waals surface area contributed by atoms with E-state index in [0.29, 0.717) is 0 Å². The van der Waals surface area contributed by atoms with Gasteiger partial charge in [-0.15, -0.1) is 4.89 Å². The van der Waals surface area contributed by atoms with E-state index in [1.54, 1.807) is 0 Å². The van der Waals surface area contributed by atoms with Crippen LogP contribution in [0, 0.1) is 0 Å². The molecule has 0 aromatic rings. The Hall–Kier alpha value is -0.0200. The second kappa shape index (κ2) is 5.12. The molecular formula is C3H9NO3P+. The molecular weight excluding hydrogens is 129 g/mol. The summed E-state index contributed by atoms with van der Waals surface area (Å²) >= 11 is 0. The van der Waals surface area contributed by atoms with E-state index in [1.807, 2.05) is 0 Å². The zero-order chi connectivity index (χ0) is 6.41. The zero-order valence-electron chi connectivity index (χ0n) is 4.41. The molecule has 0 radical (unpaired) electrons. The molecule has 1 aliphatic carbocycles. The van der Waals surface area contributed by atoms with Gasteiger partial charge in [0.2, 0.25) is 0 Å². The summed E-state index contributed by atoms with van der Waals surface area (Å²) in [5, 5.41) is 0. The third kappa shape index (κ3) is 16.7. The third-order valence-corrected chi connectivity index (χ3v) is 0.624. The molecule has 0 aromatic heterocycles. The average molecular weight is 138 g/mol. The Morgan fingerprint density at radius 1 is 1.50 bits per heavy atom. The van der Waals surface area contributed by atoms with E-state index in [4.69, 9.17) is 9.46 Å². The molecule has 1 unspecified atom stereocenters. The monoisotopic (exact) mass is 138 g/mol. The lowest BCUT2D eigenvalue weighted by atomic mass is 11.0. The molecule has 0 spiro atoms. The minimum atomic E-state index is -2.57. The molecule has 0 bridgehead atoms. The van der Waals surface area contributed by atoms with Gasteiger partial charge >= 0.3 is 8.25 Å².